The SMILES string of the molecule is NCCCS(=O)(=O)Cc1ccn(C2CCCC2)n1. The van der Waals surface area contributed by atoms with Gasteiger partial charge < -0.3 is 5.73 Å². The van der Waals surface area contributed by atoms with E-state index in [0.29, 0.717) is 24.7 Å². The van der Waals surface area contributed by atoms with Crippen LogP contribution in [0.4, 0.5) is 0 Å². The van der Waals surface area contributed by atoms with Gasteiger partial charge in [0.2, 0.25) is 0 Å². The first-order valence-electron chi connectivity index (χ1n) is 6.55. The molecule has 1 saturated carbocycles. The summed E-state index contributed by atoms with van der Waals surface area (Å²) in [6, 6.07) is 2.28. The smallest absolute Gasteiger partial charge is 0.156 e. The van der Waals surface area contributed by atoms with Crippen molar-refractivity contribution in [1.82, 2.24) is 9.78 Å². The molecule has 102 valence electrons. The van der Waals surface area contributed by atoms with Gasteiger partial charge in [-0.15, -0.1) is 0 Å². The number of nitrogens with zero attached hydrogens (tertiary/aromatic N) is 2. The highest BCUT2D eigenvalue weighted by molar-refractivity contribution is 7.90. The minimum atomic E-state index is -3.06. The third kappa shape index (κ3) is 3.55. The van der Waals surface area contributed by atoms with E-state index >= 15 is 0 Å². The van der Waals surface area contributed by atoms with Crippen molar-refractivity contribution < 1.29 is 8.42 Å². The largest absolute Gasteiger partial charge is 0.330 e. The number of hydrogen-bond acceptors (Lipinski definition) is 4. The van der Waals surface area contributed by atoms with Gasteiger partial charge in [0.25, 0.3) is 0 Å². The molecule has 1 aromatic heterocycles. The lowest BCUT2D eigenvalue weighted by Crippen LogP contribution is -2.14. The summed E-state index contributed by atoms with van der Waals surface area (Å²) in [7, 11) is -3.06. The molecular formula is C12H21N3O2S. The van der Waals surface area contributed by atoms with Gasteiger partial charge in [0.05, 0.1) is 23.2 Å². The molecule has 1 fully saturated rings. The summed E-state index contributed by atoms with van der Waals surface area (Å²) in [6.07, 6.45) is 7.22. The van der Waals surface area contributed by atoms with Crippen LogP contribution in [0.2, 0.25) is 0 Å². The number of sulfone groups is 1. The van der Waals surface area contributed by atoms with Crippen LogP contribution in [0.15, 0.2) is 12.3 Å². The van der Waals surface area contributed by atoms with Crippen molar-refractivity contribution in [3.05, 3.63) is 18.0 Å². The van der Waals surface area contributed by atoms with Crippen molar-refractivity contribution >= 4 is 9.84 Å². The molecule has 1 aliphatic rings. The molecule has 1 aliphatic carbocycles. The van der Waals surface area contributed by atoms with Crippen LogP contribution < -0.4 is 5.73 Å². The summed E-state index contributed by atoms with van der Waals surface area (Å²) in [5.74, 6) is 0.187. The zero-order chi connectivity index (χ0) is 13.0. The third-order valence-electron chi connectivity index (χ3n) is 3.39. The summed E-state index contributed by atoms with van der Waals surface area (Å²) in [6.45, 7) is 0.412. The summed E-state index contributed by atoms with van der Waals surface area (Å²) in [5.41, 5.74) is 5.98. The molecule has 0 bridgehead atoms. The normalized spacial score (nSPS) is 17.4. The number of rotatable bonds is 6. The van der Waals surface area contributed by atoms with Crippen LogP contribution in [-0.2, 0) is 15.6 Å². The fraction of sp³-hybridized carbons (Fsp3) is 0.750. The minimum absolute atomic E-state index is 0.0344. The topological polar surface area (TPSA) is 78.0 Å². The molecule has 1 aromatic rings. The molecule has 0 spiro atoms. The van der Waals surface area contributed by atoms with Crippen LogP contribution in [0.5, 0.6) is 0 Å². The van der Waals surface area contributed by atoms with Crippen LogP contribution in [0, 0.1) is 0 Å². The van der Waals surface area contributed by atoms with E-state index in [1.54, 1.807) is 0 Å². The highest BCUT2D eigenvalue weighted by Gasteiger charge is 2.19. The number of hydrogen-bond donors (Lipinski definition) is 1. The average Bonchev–Trinajstić information content (AvgIpc) is 2.95. The lowest BCUT2D eigenvalue weighted by atomic mass is 10.3. The first-order chi connectivity index (χ1) is 8.61. The van der Waals surface area contributed by atoms with Crippen LogP contribution in [0.3, 0.4) is 0 Å². The average molecular weight is 271 g/mol. The summed E-state index contributed by atoms with van der Waals surface area (Å²) in [4.78, 5) is 0. The van der Waals surface area contributed by atoms with E-state index in [2.05, 4.69) is 5.10 Å². The molecule has 0 radical (unpaired) electrons. The summed E-state index contributed by atoms with van der Waals surface area (Å²) < 4.78 is 25.5. The van der Waals surface area contributed by atoms with Crippen LogP contribution in [-0.4, -0.2) is 30.5 Å². The Labute approximate surface area is 108 Å². The Hall–Kier alpha value is -0.880. The predicted octanol–water partition coefficient (Wildman–Crippen LogP) is 1.26. The standard InChI is InChI=1S/C12H21N3O2S/c13-7-3-9-18(16,17)10-11-6-8-15(14-11)12-4-1-2-5-12/h6,8,12H,1-5,7,9-10,13H2. The van der Waals surface area contributed by atoms with Crippen molar-refractivity contribution in [3.8, 4) is 0 Å². The van der Waals surface area contributed by atoms with Crippen molar-refractivity contribution in [1.29, 1.82) is 0 Å². The third-order valence-corrected chi connectivity index (χ3v) is 5.04. The molecule has 6 heteroatoms. The molecular weight excluding hydrogens is 250 g/mol. The Morgan fingerprint density at radius 1 is 1.39 bits per heavy atom. The number of aromatic nitrogens is 2. The van der Waals surface area contributed by atoms with Gasteiger partial charge in [0, 0.05) is 6.20 Å². The fourth-order valence-electron chi connectivity index (χ4n) is 2.43. The molecule has 0 amide bonds. The Bertz CT molecular complexity index is 475. The fourth-order valence-corrected chi connectivity index (χ4v) is 3.78. The minimum Gasteiger partial charge on any atom is -0.330 e. The van der Waals surface area contributed by atoms with E-state index in [4.69, 9.17) is 5.73 Å². The van der Waals surface area contributed by atoms with E-state index in [9.17, 15) is 8.42 Å². The van der Waals surface area contributed by atoms with Gasteiger partial charge in [-0.3, -0.25) is 4.68 Å². The second-order valence-electron chi connectivity index (χ2n) is 4.96. The molecule has 1 heterocycles. The maximum absolute atomic E-state index is 11.8. The molecule has 0 aliphatic heterocycles. The van der Waals surface area contributed by atoms with E-state index in [1.807, 2.05) is 16.9 Å². The maximum Gasteiger partial charge on any atom is 0.156 e. The van der Waals surface area contributed by atoms with Crippen LogP contribution in [0.1, 0.15) is 43.8 Å². The Balaban J connectivity index is 1.97. The van der Waals surface area contributed by atoms with Gasteiger partial charge in [-0.1, -0.05) is 12.8 Å². The molecule has 0 aromatic carbocycles. The highest BCUT2D eigenvalue weighted by Crippen LogP contribution is 2.28. The Morgan fingerprint density at radius 3 is 2.78 bits per heavy atom. The van der Waals surface area contributed by atoms with E-state index in [0.717, 1.165) is 12.8 Å². The zero-order valence-corrected chi connectivity index (χ0v) is 11.4. The van der Waals surface area contributed by atoms with Gasteiger partial charge in [0.15, 0.2) is 9.84 Å². The zero-order valence-electron chi connectivity index (χ0n) is 10.6. The Kier molecular flexibility index (Phi) is 4.40. The second-order valence-corrected chi connectivity index (χ2v) is 7.14. The highest BCUT2D eigenvalue weighted by atomic mass is 32.2. The molecule has 0 atom stereocenters. The van der Waals surface area contributed by atoms with Gasteiger partial charge in [0.1, 0.15) is 0 Å². The first-order valence-corrected chi connectivity index (χ1v) is 8.37. The number of nitrogens with two attached hydrogens (primary N) is 1. The van der Waals surface area contributed by atoms with Crippen molar-refractivity contribution in [2.75, 3.05) is 12.3 Å². The monoisotopic (exact) mass is 271 g/mol. The van der Waals surface area contributed by atoms with Crippen molar-refractivity contribution in [2.24, 2.45) is 5.73 Å². The van der Waals surface area contributed by atoms with E-state index < -0.39 is 9.84 Å². The van der Waals surface area contributed by atoms with E-state index in [-0.39, 0.29) is 11.5 Å². The van der Waals surface area contributed by atoms with Gasteiger partial charge >= 0.3 is 0 Å². The lowest BCUT2D eigenvalue weighted by Gasteiger charge is -2.08. The van der Waals surface area contributed by atoms with E-state index in [1.165, 1.54) is 12.8 Å². The molecule has 0 saturated heterocycles. The van der Waals surface area contributed by atoms with Crippen molar-refractivity contribution in [3.63, 3.8) is 0 Å². The summed E-state index contributed by atoms with van der Waals surface area (Å²) >= 11 is 0. The van der Waals surface area contributed by atoms with Crippen LogP contribution >= 0.6 is 0 Å². The predicted molar refractivity (Wildman–Crippen MR) is 70.9 cm³/mol. The van der Waals surface area contributed by atoms with Gasteiger partial charge in [-0.05, 0) is 31.9 Å². The molecule has 0 unspecified atom stereocenters. The molecule has 18 heavy (non-hydrogen) atoms. The van der Waals surface area contributed by atoms with Crippen molar-refractivity contribution in [2.45, 2.75) is 43.9 Å². The van der Waals surface area contributed by atoms with Gasteiger partial charge in [-0.25, -0.2) is 8.42 Å². The lowest BCUT2D eigenvalue weighted by molar-refractivity contribution is 0.464. The molecule has 2 rings (SSSR count). The van der Waals surface area contributed by atoms with Crippen LogP contribution in [0.25, 0.3) is 0 Å². The first kappa shape index (κ1) is 13.5. The second kappa shape index (κ2) is 5.84. The maximum atomic E-state index is 11.8. The van der Waals surface area contributed by atoms with Gasteiger partial charge in [-0.2, -0.15) is 5.10 Å². The molecule has 5 nitrogen and oxygen atoms in total. The summed E-state index contributed by atoms with van der Waals surface area (Å²) in [5, 5.41) is 4.39. The molecule has 2 N–H and O–H groups in total. The Morgan fingerprint density at radius 2 is 2.11 bits per heavy atom. The quantitative estimate of drug-likeness (QED) is 0.845.